The molecule has 1 aromatic carbocycles. The fourth-order valence-electron chi connectivity index (χ4n) is 2.15. The quantitative estimate of drug-likeness (QED) is 0.663. The van der Waals surface area contributed by atoms with Crippen molar-refractivity contribution in [2.24, 2.45) is 0 Å². The molecule has 106 valence electrons. The second kappa shape index (κ2) is 5.30. The van der Waals surface area contributed by atoms with Crippen LogP contribution in [0.3, 0.4) is 0 Å². The number of carboxylic acids is 1. The topological polar surface area (TPSA) is 96.2 Å². The number of benzene rings is 1. The van der Waals surface area contributed by atoms with Crippen LogP contribution in [0.25, 0.3) is 10.9 Å². The fraction of sp³-hybridized carbons (Fsp3) is 0.250. The molecule has 0 amide bonds. The van der Waals surface area contributed by atoms with Crippen LogP contribution >= 0.6 is 23.2 Å². The van der Waals surface area contributed by atoms with E-state index in [0.717, 1.165) is 0 Å². The molecule has 0 aliphatic carbocycles. The summed E-state index contributed by atoms with van der Waals surface area (Å²) in [6.45, 7) is 1.75. The molecule has 20 heavy (non-hydrogen) atoms. The summed E-state index contributed by atoms with van der Waals surface area (Å²) < 4.78 is 0. The minimum Gasteiger partial charge on any atom is -0.481 e. The number of aliphatic carboxylic acids is 1. The van der Waals surface area contributed by atoms with Gasteiger partial charge in [-0.2, -0.15) is 0 Å². The zero-order valence-electron chi connectivity index (χ0n) is 10.4. The Labute approximate surface area is 123 Å². The van der Waals surface area contributed by atoms with Gasteiger partial charge in [0.1, 0.15) is 5.02 Å². The van der Waals surface area contributed by atoms with E-state index in [9.17, 15) is 14.9 Å². The van der Waals surface area contributed by atoms with E-state index in [0.29, 0.717) is 22.2 Å². The van der Waals surface area contributed by atoms with E-state index in [2.05, 4.69) is 4.98 Å². The average molecular weight is 317 g/mol. The van der Waals surface area contributed by atoms with E-state index in [1.807, 2.05) is 0 Å². The van der Waals surface area contributed by atoms with Crippen LogP contribution in [0.4, 0.5) is 5.69 Å². The summed E-state index contributed by atoms with van der Waals surface area (Å²) in [5, 5.41) is 20.3. The number of carbonyl (C=O) groups is 1. The number of aryl methyl sites for hydroxylation is 2. The lowest BCUT2D eigenvalue weighted by atomic mass is 10.1. The summed E-state index contributed by atoms with van der Waals surface area (Å²) in [5.74, 6) is -0.952. The van der Waals surface area contributed by atoms with Gasteiger partial charge in [-0.1, -0.05) is 23.2 Å². The van der Waals surface area contributed by atoms with Gasteiger partial charge in [0, 0.05) is 23.6 Å². The monoisotopic (exact) mass is 316 g/mol. The number of nitrogens with one attached hydrogen (secondary N) is 1. The molecule has 0 saturated heterocycles. The molecule has 0 unspecified atom stereocenters. The van der Waals surface area contributed by atoms with Crippen molar-refractivity contribution < 1.29 is 14.8 Å². The molecule has 2 N–H and O–H groups in total. The Morgan fingerprint density at radius 1 is 1.50 bits per heavy atom. The van der Waals surface area contributed by atoms with Gasteiger partial charge in [0.05, 0.1) is 15.5 Å². The van der Waals surface area contributed by atoms with Crippen molar-refractivity contribution in [1.82, 2.24) is 4.98 Å². The number of halogens is 2. The molecule has 6 nitrogen and oxygen atoms in total. The lowest BCUT2D eigenvalue weighted by molar-refractivity contribution is -0.384. The Balaban J connectivity index is 2.71. The maximum Gasteiger partial charge on any atom is 0.303 e. The first-order valence-corrected chi connectivity index (χ1v) is 6.43. The largest absolute Gasteiger partial charge is 0.481 e. The Morgan fingerprint density at radius 2 is 2.15 bits per heavy atom. The van der Waals surface area contributed by atoms with Crippen LogP contribution in [0, 0.1) is 17.0 Å². The number of hydrogen-bond acceptors (Lipinski definition) is 3. The summed E-state index contributed by atoms with van der Waals surface area (Å²) in [4.78, 5) is 24.0. The van der Waals surface area contributed by atoms with Crippen LogP contribution in [0.15, 0.2) is 6.07 Å². The summed E-state index contributed by atoms with van der Waals surface area (Å²) in [6.07, 6.45) is 0.128. The van der Waals surface area contributed by atoms with Crippen LogP contribution in [0.2, 0.25) is 10.0 Å². The number of rotatable bonds is 4. The first-order valence-electron chi connectivity index (χ1n) is 5.68. The van der Waals surface area contributed by atoms with Gasteiger partial charge in [-0.15, -0.1) is 0 Å². The molecule has 0 spiro atoms. The number of nitro benzene ring substituents is 1. The summed E-state index contributed by atoms with van der Waals surface area (Å²) in [5.41, 5.74) is 1.53. The van der Waals surface area contributed by atoms with Crippen molar-refractivity contribution in [2.75, 3.05) is 0 Å². The van der Waals surface area contributed by atoms with E-state index >= 15 is 0 Å². The standard InChI is InChI=1S/C12H10Cl2N2O4/c1-5-6(2-3-9(17)18)10-11(14)8(16(19)20)4-7(13)12(10)15-5/h4,15H,2-3H2,1H3,(H,17,18). The number of nitrogens with zero attached hydrogens (tertiary/aromatic N) is 1. The zero-order valence-corrected chi connectivity index (χ0v) is 11.9. The predicted octanol–water partition coefficient (Wildman–Crippen LogP) is 3.71. The summed E-state index contributed by atoms with van der Waals surface area (Å²) >= 11 is 12.1. The molecule has 0 bridgehead atoms. The van der Waals surface area contributed by atoms with Gasteiger partial charge < -0.3 is 10.1 Å². The van der Waals surface area contributed by atoms with Crippen LogP contribution in [-0.4, -0.2) is 21.0 Å². The van der Waals surface area contributed by atoms with Crippen molar-refractivity contribution in [3.05, 3.63) is 37.5 Å². The SMILES string of the molecule is Cc1[nH]c2c(Cl)cc([N+](=O)[O-])c(Cl)c2c1CCC(=O)O. The highest BCUT2D eigenvalue weighted by Gasteiger charge is 2.23. The highest BCUT2D eigenvalue weighted by molar-refractivity contribution is 6.42. The van der Waals surface area contributed by atoms with E-state index in [4.69, 9.17) is 28.3 Å². The number of H-pyrrole nitrogens is 1. The number of nitro groups is 1. The Bertz CT molecular complexity index is 724. The molecule has 2 rings (SSSR count). The molecular weight excluding hydrogens is 307 g/mol. The molecule has 0 aliphatic heterocycles. The predicted molar refractivity (Wildman–Crippen MR) is 75.7 cm³/mol. The van der Waals surface area contributed by atoms with Gasteiger partial charge in [-0.3, -0.25) is 14.9 Å². The van der Waals surface area contributed by atoms with Crippen molar-refractivity contribution in [2.45, 2.75) is 19.8 Å². The smallest absolute Gasteiger partial charge is 0.303 e. The van der Waals surface area contributed by atoms with Crippen molar-refractivity contribution in [3.63, 3.8) is 0 Å². The molecule has 0 fully saturated rings. The van der Waals surface area contributed by atoms with E-state index in [-0.39, 0.29) is 28.6 Å². The van der Waals surface area contributed by atoms with Gasteiger partial charge in [0.2, 0.25) is 0 Å². The van der Waals surface area contributed by atoms with Crippen molar-refractivity contribution in [3.8, 4) is 0 Å². The molecule has 0 radical (unpaired) electrons. The number of hydrogen-bond donors (Lipinski definition) is 2. The number of aromatic nitrogens is 1. The van der Waals surface area contributed by atoms with Gasteiger partial charge in [-0.05, 0) is 18.9 Å². The third kappa shape index (κ3) is 2.44. The first-order chi connectivity index (χ1) is 9.32. The van der Waals surface area contributed by atoms with Crippen LogP contribution in [-0.2, 0) is 11.2 Å². The fourth-order valence-corrected chi connectivity index (χ4v) is 2.72. The van der Waals surface area contributed by atoms with Crippen LogP contribution in [0.5, 0.6) is 0 Å². The molecule has 8 heteroatoms. The molecule has 1 aromatic heterocycles. The maximum absolute atomic E-state index is 11.0. The number of carboxylic acid groups (broad SMARTS) is 1. The highest BCUT2D eigenvalue weighted by atomic mass is 35.5. The third-order valence-corrected chi connectivity index (χ3v) is 3.73. The van der Waals surface area contributed by atoms with Gasteiger partial charge in [-0.25, -0.2) is 0 Å². The minimum atomic E-state index is -0.952. The van der Waals surface area contributed by atoms with Gasteiger partial charge in [0.25, 0.3) is 5.69 Å². The summed E-state index contributed by atoms with van der Waals surface area (Å²) in [7, 11) is 0. The third-order valence-electron chi connectivity index (χ3n) is 3.05. The Hall–Kier alpha value is -1.79. The van der Waals surface area contributed by atoms with Crippen molar-refractivity contribution in [1.29, 1.82) is 0 Å². The van der Waals surface area contributed by atoms with Gasteiger partial charge in [0.15, 0.2) is 0 Å². The first kappa shape index (κ1) is 14.6. The Kier molecular flexibility index (Phi) is 3.87. The van der Waals surface area contributed by atoms with Crippen LogP contribution < -0.4 is 0 Å². The van der Waals surface area contributed by atoms with E-state index < -0.39 is 10.9 Å². The summed E-state index contributed by atoms with van der Waals surface area (Å²) in [6, 6.07) is 1.18. The van der Waals surface area contributed by atoms with Crippen molar-refractivity contribution >= 4 is 45.8 Å². The molecule has 0 atom stereocenters. The molecule has 1 heterocycles. The molecule has 0 saturated carbocycles. The second-order valence-electron chi connectivity index (χ2n) is 4.32. The molecular formula is C12H10Cl2N2O4. The number of fused-ring (bicyclic) bond motifs is 1. The second-order valence-corrected chi connectivity index (χ2v) is 5.11. The lowest BCUT2D eigenvalue weighted by Crippen LogP contribution is -1.98. The Morgan fingerprint density at radius 3 is 2.70 bits per heavy atom. The molecule has 2 aromatic rings. The normalized spacial score (nSPS) is 10.9. The highest BCUT2D eigenvalue weighted by Crippen LogP contribution is 2.40. The minimum absolute atomic E-state index is 0.0286. The zero-order chi connectivity index (χ0) is 15.0. The number of aromatic amines is 1. The van der Waals surface area contributed by atoms with Crippen LogP contribution in [0.1, 0.15) is 17.7 Å². The molecule has 0 aliphatic rings. The van der Waals surface area contributed by atoms with E-state index in [1.54, 1.807) is 6.92 Å². The van der Waals surface area contributed by atoms with Gasteiger partial charge >= 0.3 is 5.97 Å². The maximum atomic E-state index is 11.0. The lowest BCUT2D eigenvalue weighted by Gasteiger charge is -2.03. The van der Waals surface area contributed by atoms with E-state index in [1.165, 1.54) is 6.07 Å². The average Bonchev–Trinajstić information content (AvgIpc) is 2.68.